The first-order valence-electron chi connectivity index (χ1n) is 5.21. The van der Waals surface area contributed by atoms with Gasteiger partial charge >= 0.3 is 5.97 Å². The van der Waals surface area contributed by atoms with Crippen LogP contribution in [0.25, 0.3) is 0 Å². The van der Waals surface area contributed by atoms with Gasteiger partial charge in [0.2, 0.25) is 11.8 Å². The Labute approximate surface area is 110 Å². The Bertz CT molecular complexity index is 365. The Morgan fingerprint density at radius 2 is 2.06 bits per heavy atom. The third kappa shape index (κ3) is 6.81. The molecule has 0 aliphatic heterocycles. The molecule has 0 heterocycles. The number of rotatable bonds is 7. The van der Waals surface area contributed by atoms with Crippen LogP contribution in [0.5, 0.6) is 0 Å². The van der Waals surface area contributed by atoms with Gasteiger partial charge in [-0.05, 0) is 6.92 Å². The molecule has 0 aromatic heterocycles. The third-order valence-electron chi connectivity index (χ3n) is 1.92. The number of amides is 2. The number of carboxylic acid groups (broad SMARTS) is 1. The van der Waals surface area contributed by atoms with Crippen molar-refractivity contribution < 1.29 is 19.5 Å². The van der Waals surface area contributed by atoms with Gasteiger partial charge in [0.25, 0.3) is 0 Å². The zero-order chi connectivity index (χ0) is 14.1. The van der Waals surface area contributed by atoms with Crippen molar-refractivity contribution in [3.8, 4) is 12.3 Å². The number of carbonyl (C=O) groups is 3. The molecule has 18 heavy (non-hydrogen) atoms. The summed E-state index contributed by atoms with van der Waals surface area (Å²) in [6, 6.07) is -1.00. The molecule has 0 saturated carbocycles. The van der Waals surface area contributed by atoms with E-state index in [1.807, 2.05) is 0 Å². The van der Waals surface area contributed by atoms with Crippen molar-refractivity contribution in [2.24, 2.45) is 0 Å². The van der Waals surface area contributed by atoms with E-state index in [1.54, 1.807) is 6.92 Å². The number of carboxylic acids is 1. The van der Waals surface area contributed by atoms with Gasteiger partial charge in [0.05, 0.1) is 11.8 Å². The highest BCUT2D eigenvalue weighted by Crippen LogP contribution is 2.12. The molecule has 0 aliphatic rings. The van der Waals surface area contributed by atoms with Crippen molar-refractivity contribution in [3.63, 3.8) is 0 Å². The summed E-state index contributed by atoms with van der Waals surface area (Å²) in [6.07, 6.45) is 5.00. The maximum atomic E-state index is 11.4. The molecule has 0 bridgehead atoms. The van der Waals surface area contributed by atoms with E-state index in [9.17, 15) is 14.4 Å². The van der Waals surface area contributed by atoms with Crippen LogP contribution in [0.2, 0.25) is 0 Å². The molecule has 7 heteroatoms. The molecule has 0 fully saturated rings. The van der Waals surface area contributed by atoms with Gasteiger partial charge in [-0.3, -0.25) is 9.59 Å². The van der Waals surface area contributed by atoms with Gasteiger partial charge in [-0.2, -0.15) is 0 Å². The third-order valence-corrected chi connectivity index (χ3v) is 3.16. The van der Waals surface area contributed by atoms with E-state index < -0.39 is 23.2 Å². The summed E-state index contributed by atoms with van der Waals surface area (Å²) in [5, 5.41) is 13.2. The van der Waals surface area contributed by atoms with Crippen molar-refractivity contribution in [2.45, 2.75) is 25.1 Å². The molecule has 100 valence electrons. The molecule has 3 N–H and O–H groups in total. The standard InChI is InChI=1S/C11H16N2O4S/c1-4-5-12-10(15)7(2)18-6-9(11(16)17)13-8(3)14/h1,7,9H,5-6H2,2-3H3,(H,12,15)(H,13,14)(H,16,17). The summed E-state index contributed by atoms with van der Waals surface area (Å²) in [4.78, 5) is 33.1. The Morgan fingerprint density at radius 1 is 1.44 bits per heavy atom. The van der Waals surface area contributed by atoms with E-state index in [-0.39, 0.29) is 18.2 Å². The van der Waals surface area contributed by atoms with E-state index in [0.717, 1.165) is 11.8 Å². The molecule has 0 aliphatic carbocycles. The van der Waals surface area contributed by atoms with E-state index in [4.69, 9.17) is 11.5 Å². The smallest absolute Gasteiger partial charge is 0.327 e. The number of nitrogens with one attached hydrogen (secondary N) is 2. The predicted octanol–water partition coefficient (Wildman–Crippen LogP) is -0.553. The molecule has 0 aromatic rings. The Balaban J connectivity index is 4.18. The van der Waals surface area contributed by atoms with Gasteiger partial charge in [0.1, 0.15) is 6.04 Å². The van der Waals surface area contributed by atoms with E-state index in [0.29, 0.717) is 0 Å². The first kappa shape index (κ1) is 16.3. The second kappa shape index (κ2) is 8.42. The Hall–Kier alpha value is -1.68. The lowest BCUT2D eigenvalue weighted by Gasteiger charge is -2.15. The highest BCUT2D eigenvalue weighted by atomic mass is 32.2. The molecule has 6 nitrogen and oxygen atoms in total. The molecule has 2 amide bonds. The highest BCUT2D eigenvalue weighted by molar-refractivity contribution is 8.00. The normalized spacial score (nSPS) is 12.9. The molecule has 0 radical (unpaired) electrons. The number of terminal acetylenes is 1. The fourth-order valence-corrected chi connectivity index (χ4v) is 1.96. The van der Waals surface area contributed by atoms with E-state index >= 15 is 0 Å². The largest absolute Gasteiger partial charge is 0.480 e. The average Bonchev–Trinajstić information content (AvgIpc) is 2.30. The summed E-state index contributed by atoms with van der Waals surface area (Å²) in [5.41, 5.74) is 0. The van der Waals surface area contributed by atoms with Crippen molar-refractivity contribution in [3.05, 3.63) is 0 Å². The van der Waals surface area contributed by atoms with Crippen LogP contribution in [0.3, 0.4) is 0 Å². The summed E-state index contributed by atoms with van der Waals surface area (Å²) in [6.45, 7) is 3.02. The highest BCUT2D eigenvalue weighted by Gasteiger charge is 2.21. The summed E-state index contributed by atoms with van der Waals surface area (Å²) >= 11 is 1.14. The zero-order valence-electron chi connectivity index (χ0n) is 10.2. The van der Waals surface area contributed by atoms with Crippen LogP contribution in [0, 0.1) is 12.3 Å². The minimum absolute atomic E-state index is 0.111. The van der Waals surface area contributed by atoms with Crippen molar-refractivity contribution in [1.29, 1.82) is 0 Å². The lowest BCUT2D eigenvalue weighted by Crippen LogP contribution is -2.42. The van der Waals surface area contributed by atoms with Gasteiger partial charge in [-0.15, -0.1) is 18.2 Å². The predicted molar refractivity (Wildman–Crippen MR) is 69.0 cm³/mol. The molecule has 0 rings (SSSR count). The lowest BCUT2D eigenvalue weighted by molar-refractivity contribution is -0.140. The second-order valence-electron chi connectivity index (χ2n) is 3.49. The van der Waals surface area contributed by atoms with Gasteiger partial charge in [0, 0.05) is 12.7 Å². The molecule has 0 spiro atoms. The van der Waals surface area contributed by atoms with E-state index in [1.165, 1.54) is 6.92 Å². The first-order chi connectivity index (χ1) is 8.38. The van der Waals surface area contributed by atoms with Crippen LogP contribution in [0.4, 0.5) is 0 Å². The van der Waals surface area contributed by atoms with Crippen LogP contribution in [-0.2, 0) is 14.4 Å². The topological polar surface area (TPSA) is 95.5 Å². The molecule has 2 atom stereocenters. The molecule has 2 unspecified atom stereocenters. The SMILES string of the molecule is C#CCNC(=O)C(C)SCC(NC(C)=O)C(=O)O. The number of thioether (sulfide) groups is 1. The minimum Gasteiger partial charge on any atom is -0.480 e. The van der Waals surface area contributed by atoms with Gasteiger partial charge in [-0.25, -0.2) is 4.79 Å². The molecular weight excluding hydrogens is 256 g/mol. The zero-order valence-corrected chi connectivity index (χ0v) is 11.0. The fraction of sp³-hybridized carbons (Fsp3) is 0.545. The Morgan fingerprint density at radius 3 is 2.50 bits per heavy atom. The maximum absolute atomic E-state index is 11.4. The molecule has 0 aromatic carbocycles. The minimum atomic E-state index is -1.13. The fourth-order valence-electron chi connectivity index (χ4n) is 1.02. The van der Waals surface area contributed by atoms with E-state index in [2.05, 4.69) is 16.6 Å². The van der Waals surface area contributed by atoms with Gasteiger partial charge < -0.3 is 15.7 Å². The number of aliphatic carboxylic acids is 1. The lowest BCUT2D eigenvalue weighted by atomic mass is 10.3. The Kier molecular flexibility index (Phi) is 7.63. The summed E-state index contributed by atoms with van der Waals surface area (Å²) in [5.74, 6) is 0.567. The monoisotopic (exact) mass is 272 g/mol. The second-order valence-corrected chi connectivity index (χ2v) is 4.86. The quantitative estimate of drug-likeness (QED) is 0.540. The van der Waals surface area contributed by atoms with Gasteiger partial charge in [0.15, 0.2) is 0 Å². The first-order valence-corrected chi connectivity index (χ1v) is 6.26. The van der Waals surface area contributed by atoms with Crippen LogP contribution < -0.4 is 10.6 Å². The van der Waals surface area contributed by atoms with Crippen LogP contribution in [0.1, 0.15) is 13.8 Å². The summed E-state index contributed by atoms with van der Waals surface area (Å²) < 4.78 is 0. The van der Waals surface area contributed by atoms with Crippen molar-refractivity contribution in [2.75, 3.05) is 12.3 Å². The van der Waals surface area contributed by atoms with Crippen molar-refractivity contribution in [1.82, 2.24) is 10.6 Å². The molecular formula is C11H16N2O4S. The van der Waals surface area contributed by atoms with Crippen LogP contribution in [0.15, 0.2) is 0 Å². The molecule has 0 saturated heterocycles. The van der Waals surface area contributed by atoms with Crippen molar-refractivity contribution >= 4 is 29.5 Å². The summed E-state index contributed by atoms with van der Waals surface area (Å²) in [7, 11) is 0. The van der Waals surface area contributed by atoms with Gasteiger partial charge in [-0.1, -0.05) is 5.92 Å². The number of hydrogen-bond acceptors (Lipinski definition) is 4. The number of carbonyl (C=O) groups excluding carboxylic acids is 2. The van der Waals surface area contributed by atoms with Crippen LogP contribution in [-0.4, -0.2) is 46.5 Å². The maximum Gasteiger partial charge on any atom is 0.327 e. The van der Waals surface area contributed by atoms with Crippen LogP contribution >= 0.6 is 11.8 Å². The average molecular weight is 272 g/mol. The number of hydrogen-bond donors (Lipinski definition) is 3.